The number of phenols is 1. The van der Waals surface area contributed by atoms with Gasteiger partial charge in [0.2, 0.25) is 10.0 Å². The highest BCUT2D eigenvalue weighted by Gasteiger charge is 2.18. The molecule has 32 heavy (non-hydrogen) atoms. The average molecular weight is 452 g/mol. The zero-order valence-corrected chi connectivity index (χ0v) is 18.9. The van der Waals surface area contributed by atoms with E-state index in [1.54, 1.807) is 48.5 Å². The number of anilines is 1. The van der Waals surface area contributed by atoms with E-state index in [9.17, 15) is 18.3 Å². The molecular formula is C24H25N3O4S. The summed E-state index contributed by atoms with van der Waals surface area (Å²) >= 11 is 0. The number of amides is 1. The van der Waals surface area contributed by atoms with Crippen LogP contribution in [-0.4, -0.2) is 31.9 Å². The van der Waals surface area contributed by atoms with Gasteiger partial charge in [0, 0.05) is 11.1 Å². The molecule has 7 nitrogen and oxygen atoms in total. The number of para-hydroxylation sites is 1. The van der Waals surface area contributed by atoms with Crippen molar-refractivity contribution in [3.63, 3.8) is 0 Å². The molecule has 0 saturated carbocycles. The molecular weight excluding hydrogens is 426 g/mol. The van der Waals surface area contributed by atoms with E-state index in [1.165, 1.54) is 22.8 Å². The molecule has 0 atom stereocenters. The molecule has 0 aromatic heterocycles. The Kier molecular flexibility index (Phi) is 6.95. The van der Waals surface area contributed by atoms with Crippen molar-refractivity contribution in [2.75, 3.05) is 10.6 Å². The van der Waals surface area contributed by atoms with Crippen LogP contribution in [-0.2, 0) is 16.6 Å². The molecule has 0 saturated heterocycles. The standard InChI is InChI=1S/C24H25N3O4S/c1-17-8-13-22(14-18(17)2)27(32(3,30)31)16-19-9-11-20(12-10-19)24(29)26-25-15-21-6-4-5-7-23(21)28/h4-15,28H,16H2,1-3H3,(H,26,29)/b25-15-. The van der Waals surface area contributed by atoms with Crippen molar-refractivity contribution in [2.45, 2.75) is 20.4 Å². The van der Waals surface area contributed by atoms with Crippen LogP contribution >= 0.6 is 0 Å². The van der Waals surface area contributed by atoms with Gasteiger partial charge in [0.15, 0.2) is 0 Å². The van der Waals surface area contributed by atoms with Gasteiger partial charge in [-0.2, -0.15) is 5.10 Å². The molecule has 3 aromatic rings. The number of carbonyl (C=O) groups is 1. The van der Waals surface area contributed by atoms with Gasteiger partial charge in [0.05, 0.1) is 24.7 Å². The topological polar surface area (TPSA) is 99.1 Å². The number of aromatic hydroxyl groups is 1. The van der Waals surface area contributed by atoms with E-state index >= 15 is 0 Å². The fourth-order valence-electron chi connectivity index (χ4n) is 3.03. The number of hydrazone groups is 1. The van der Waals surface area contributed by atoms with Crippen molar-refractivity contribution < 1.29 is 18.3 Å². The predicted molar refractivity (Wildman–Crippen MR) is 127 cm³/mol. The minimum Gasteiger partial charge on any atom is -0.507 e. The van der Waals surface area contributed by atoms with Crippen LogP contribution in [0.25, 0.3) is 0 Å². The SMILES string of the molecule is Cc1ccc(N(Cc2ccc(C(=O)N/N=C\c3ccccc3O)cc2)S(C)(=O)=O)cc1C. The molecule has 0 aliphatic carbocycles. The zero-order valence-electron chi connectivity index (χ0n) is 18.1. The second-order valence-electron chi connectivity index (χ2n) is 7.49. The minimum atomic E-state index is -3.50. The van der Waals surface area contributed by atoms with Gasteiger partial charge in [-0.15, -0.1) is 0 Å². The molecule has 2 N–H and O–H groups in total. The van der Waals surface area contributed by atoms with E-state index in [1.807, 2.05) is 26.0 Å². The van der Waals surface area contributed by atoms with Gasteiger partial charge in [-0.3, -0.25) is 9.10 Å². The molecule has 0 heterocycles. The number of aryl methyl sites for hydroxylation is 2. The van der Waals surface area contributed by atoms with E-state index in [-0.39, 0.29) is 12.3 Å². The number of hydrogen-bond acceptors (Lipinski definition) is 5. The molecule has 166 valence electrons. The fourth-order valence-corrected chi connectivity index (χ4v) is 3.91. The molecule has 0 spiro atoms. The first-order valence-electron chi connectivity index (χ1n) is 9.90. The molecule has 0 unspecified atom stereocenters. The van der Waals surface area contributed by atoms with Crippen molar-refractivity contribution in [2.24, 2.45) is 5.10 Å². The quantitative estimate of drug-likeness (QED) is 0.422. The van der Waals surface area contributed by atoms with E-state index in [2.05, 4.69) is 10.5 Å². The van der Waals surface area contributed by atoms with E-state index in [4.69, 9.17) is 0 Å². The first-order valence-corrected chi connectivity index (χ1v) is 11.8. The number of nitrogens with one attached hydrogen (secondary N) is 1. The third-order valence-electron chi connectivity index (χ3n) is 5.03. The number of phenolic OH excluding ortho intramolecular Hbond substituents is 1. The molecule has 0 fully saturated rings. The van der Waals surface area contributed by atoms with E-state index < -0.39 is 15.9 Å². The molecule has 8 heteroatoms. The van der Waals surface area contributed by atoms with Crippen molar-refractivity contribution in [1.82, 2.24) is 5.43 Å². The maximum absolute atomic E-state index is 12.4. The Morgan fingerprint density at radius 3 is 2.34 bits per heavy atom. The number of benzene rings is 3. The molecule has 0 aliphatic rings. The highest BCUT2D eigenvalue weighted by Crippen LogP contribution is 2.23. The van der Waals surface area contributed by atoms with Crippen LogP contribution in [0.3, 0.4) is 0 Å². The summed E-state index contributed by atoms with van der Waals surface area (Å²) in [4.78, 5) is 12.3. The van der Waals surface area contributed by atoms with Crippen molar-refractivity contribution >= 4 is 27.8 Å². The summed E-state index contributed by atoms with van der Waals surface area (Å²) in [7, 11) is -3.50. The van der Waals surface area contributed by atoms with Crippen molar-refractivity contribution in [1.29, 1.82) is 0 Å². The largest absolute Gasteiger partial charge is 0.507 e. The molecule has 0 bridgehead atoms. The summed E-state index contributed by atoms with van der Waals surface area (Å²) < 4.78 is 26.1. The number of rotatable bonds is 7. The van der Waals surface area contributed by atoms with Crippen LogP contribution in [0.4, 0.5) is 5.69 Å². The fraction of sp³-hybridized carbons (Fsp3) is 0.167. The van der Waals surface area contributed by atoms with Gasteiger partial charge >= 0.3 is 0 Å². The Bertz CT molecular complexity index is 1250. The van der Waals surface area contributed by atoms with Gasteiger partial charge in [0.25, 0.3) is 5.91 Å². The highest BCUT2D eigenvalue weighted by molar-refractivity contribution is 7.92. The van der Waals surface area contributed by atoms with Crippen LogP contribution in [0.5, 0.6) is 5.75 Å². The van der Waals surface area contributed by atoms with Gasteiger partial charge in [-0.05, 0) is 66.9 Å². The monoisotopic (exact) mass is 451 g/mol. The lowest BCUT2D eigenvalue weighted by Crippen LogP contribution is -2.29. The maximum atomic E-state index is 12.4. The number of hydrogen-bond donors (Lipinski definition) is 2. The summed E-state index contributed by atoms with van der Waals surface area (Å²) in [6.45, 7) is 4.06. The average Bonchev–Trinajstić information content (AvgIpc) is 2.75. The predicted octanol–water partition coefficient (Wildman–Crippen LogP) is 3.74. The van der Waals surface area contributed by atoms with Gasteiger partial charge < -0.3 is 5.11 Å². The Labute approximate surface area is 188 Å². The maximum Gasteiger partial charge on any atom is 0.271 e. The number of sulfonamides is 1. The van der Waals surface area contributed by atoms with Crippen LogP contribution in [0, 0.1) is 13.8 Å². The van der Waals surface area contributed by atoms with Gasteiger partial charge in [0.1, 0.15) is 5.75 Å². The third kappa shape index (κ3) is 5.73. The van der Waals surface area contributed by atoms with Crippen LogP contribution in [0.2, 0.25) is 0 Å². The molecule has 3 rings (SSSR count). The number of nitrogens with zero attached hydrogens (tertiary/aromatic N) is 2. The van der Waals surface area contributed by atoms with Gasteiger partial charge in [-0.25, -0.2) is 13.8 Å². The summed E-state index contributed by atoms with van der Waals surface area (Å²) in [5, 5.41) is 13.6. The lowest BCUT2D eigenvalue weighted by molar-refractivity contribution is 0.0955. The Hall–Kier alpha value is -3.65. The van der Waals surface area contributed by atoms with E-state index in [0.717, 1.165) is 16.7 Å². The first-order chi connectivity index (χ1) is 15.1. The van der Waals surface area contributed by atoms with Crippen LogP contribution in [0.15, 0.2) is 71.8 Å². The van der Waals surface area contributed by atoms with Gasteiger partial charge in [-0.1, -0.05) is 30.3 Å². The lowest BCUT2D eigenvalue weighted by Gasteiger charge is -2.23. The third-order valence-corrected chi connectivity index (χ3v) is 6.17. The number of carbonyl (C=O) groups excluding carboxylic acids is 1. The van der Waals surface area contributed by atoms with Crippen LogP contribution in [0.1, 0.15) is 32.6 Å². The first kappa shape index (κ1) is 23.0. The Balaban J connectivity index is 1.71. The summed E-state index contributed by atoms with van der Waals surface area (Å²) in [5.74, 6) is -0.355. The molecule has 0 radical (unpaired) electrons. The van der Waals surface area contributed by atoms with Crippen LogP contribution < -0.4 is 9.73 Å². The smallest absolute Gasteiger partial charge is 0.271 e. The highest BCUT2D eigenvalue weighted by atomic mass is 32.2. The summed E-state index contributed by atoms with van der Waals surface area (Å²) in [6, 6.07) is 18.8. The minimum absolute atomic E-state index is 0.0639. The van der Waals surface area contributed by atoms with E-state index in [0.29, 0.717) is 16.8 Å². The lowest BCUT2D eigenvalue weighted by atomic mass is 10.1. The normalized spacial score (nSPS) is 11.5. The second-order valence-corrected chi connectivity index (χ2v) is 9.40. The zero-order chi connectivity index (χ0) is 23.3. The van der Waals surface area contributed by atoms with Crippen molar-refractivity contribution in [3.05, 3.63) is 94.5 Å². The Morgan fingerprint density at radius 2 is 1.72 bits per heavy atom. The molecule has 1 amide bonds. The summed E-state index contributed by atoms with van der Waals surface area (Å²) in [5.41, 5.74) is 6.69. The summed E-state index contributed by atoms with van der Waals surface area (Å²) in [6.07, 6.45) is 2.53. The Morgan fingerprint density at radius 1 is 1.03 bits per heavy atom. The molecule has 0 aliphatic heterocycles. The molecule has 3 aromatic carbocycles. The van der Waals surface area contributed by atoms with Crippen molar-refractivity contribution in [3.8, 4) is 5.75 Å². The second kappa shape index (κ2) is 9.65.